The van der Waals surface area contributed by atoms with Crippen LogP contribution in [0, 0.1) is 0 Å². The summed E-state index contributed by atoms with van der Waals surface area (Å²) >= 11 is 1.66. The Labute approximate surface area is 174 Å². The molecule has 2 N–H and O–H groups in total. The van der Waals surface area contributed by atoms with Crippen LogP contribution in [0.25, 0.3) is 21.3 Å². The number of ether oxygens (including phenoxy) is 1. The predicted octanol–water partition coefficient (Wildman–Crippen LogP) is 3.52. The molecule has 1 saturated carbocycles. The minimum Gasteiger partial charge on any atom is -0.388 e. The Bertz CT molecular complexity index is 981. The van der Waals surface area contributed by atoms with Gasteiger partial charge in [-0.2, -0.15) is 0 Å². The van der Waals surface area contributed by atoms with Crippen LogP contribution in [0.4, 0.5) is 5.82 Å². The van der Waals surface area contributed by atoms with Gasteiger partial charge in [0.1, 0.15) is 16.5 Å². The maximum atomic E-state index is 10.6. The molecule has 29 heavy (non-hydrogen) atoms. The van der Waals surface area contributed by atoms with Gasteiger partial charge in [0, 0.05) is 30.6 Å². The van der Waals surface area contributed by atoms with Gasteiger partial charge in [-0.25, -0.2) is 9.97 Å². The molecule has 0 bridgehead atoms. The Kier molecular flexibility index (Phi) is 5.22. The third-order valence-electron chi connectivity index (χ3n) is 5.90. The highest BCUT2D eigenvalue weighted by Gasteiger charge is 2.34. The number of fused-ring (bicyclic) bond motifs is 1. The van der Waals surface area contributed by atoms with E-state index in [1.54, 1.807) is 11.3 Å². The first-order chi connectivity index (χ1) is 14.2. The molecule has 1 aromatic carbocycles. The fraction of sp³-hybridized carbons (Fsp3) is 0.455. The second-order valence-electron chi connectivity index (χ2n) is 8.00. The number of nitrogens with zero attached hydrogens (tertiary/aromatic N) is 3. The summed E-state index contributed by atoms with van der Waals surface area (Å²) in [6, 6.07) is 10.4. The number of nitrogens with one attached hydrogen (secondary N) is 1. The molecule has 3 aromatic rings. The minimum absolute atomic E-state index is 0.528. The number of rotatable bonds is 6. The summed E-state index contributed by atoms with van der Waals surface area (Å²) in [6.07, 6.45) is 2.79. The molecule has 2 aromatic heterocycles. The number of anilines is 1. The molecule has 6 nitrogen and oxygen atoms in total. The van der Waals surface area contributed by atoms with E-state index in [0.717, 1.165) is 85.1 Å². The van der Waals surface area contributed by atoms with E-state index in [0.29, 0.717) is 6.54 Å². The Balaban J connectivity index is 1.51. The quantitative estimate of drug-likeness (QED) is 0.648. The van der Waals surface area contributed by atoms with Crippen molar-refractivity contribution in [2.75, 3.05) is 38.2 Å². The SMILES string of the molecule is OC1(CNc2nc(CN3CCOCC3)nc3scc(-c4ccccc4)c23)CCC1. The van der Waals surface area contributed by atoms with Crippen LogP contribution in [0.1, 0.15) is 25.1 Å². The molecule has 5 rings (SSSR count). The third-order valence-corrected chi connectivity index (χ3v) is 6.77. The Morgan fingerprint density at radius 2 is 1.93 bits per heavy atom. The van der Waals surface area contributed by atoms with E-state index in [2.05, 4.69) is 39.9 Å². The van der Waals surface area contributed by atoms with E-state index in [1.807, 2.05) is 6.07 Å². The van der Waals surface area contributed by atoms with Crippen molar-refractivity contribution in [1.82, 2.24) is 14.9 Å². The lowest BCUT2D eigenvalue weighted by atomic mass is 9.80. The van der Waals surface area contributed by atoms with Crippen molar-refractivity contribution >= 4 is 27.4 Å². The van der Waals surface area contributed by atoms with Crippen LogP contribution in [-0.4, -0.2) is 58.4 Å². The van der Waals surface area contributed by atoms with Crippen LogP contribution in [-0.2, 0) is 11.3 Å². The van der Waals surface area contributed by atoms with Gasteiger partial charge in [-0.1, -0.05) is 30.3 Å². The predicted molar refractivity (Wildman–Crippen MR) is 116 cm³/mol. The summed E-state index contributed by atoms with van der Waals surface area (Å²) in [5, 5.41) is 17.3. The normalized spacial score (nSPS) is 19.2. The molecular formula is C22H26N4O2S. The fourth-order valence-electron chi connectivity index (χ4n) is 3.98. The molecule has 0 radical (unpaired) electrons. The van der Waals surface area contributed by atoms with E-state index in [4.69, 9.17) is 14.7 Å². The van der Waals surface area contributed by atoms with Crippen molar-refractivity contribution < 1.29 is 9.84 Å². The minimum atomic E-state index is -0.607. The fourth-order valence-corrected chi connectivity index (χ4v) is 4.95. The summed E-state index contributed by atoms with van der Waals surface area (Å²) in [5.41, 5.74) is 1.70. The smallest absolute Gasteiger partial charge is 0.146 e. The second kappa shape index (κ2) is 7.99. The van der Waals surface area contributed by atoms with E-state index >= 15 is 0 Å². The lowest BCUT2D eigenvalue weighted by Crippen LogP contribution is -2.43. The average molecular weight is 411 g/mol. The monoisotopic (exact) mass is 410 g/mol. The Morgan fingerprint density at radius 3 is 2.66 bits per heavy atom. The highest BCUT2D eigenvalue weighted by Crippen LogP contribution is 2.38. The van der Waals surface area contributed by atoms with Crippen molar-refractivity contribution in [2.45, 2.75) is 31.4 Å². The zero-order valence-electron chi connectivity index (χ0n) is 16.4. The van der Waals surface area contributed by atoms with Crippen molar-refractivity contribution in [3.05, 3.63) is 41.5 Å². The maximum absolute atomic E-state index is 10.6. The third kappa shape index (κ3) is 4.00. The molecule has 7 heteroatoms. The summed E-state index contributed by atoms with van der Waals surface area (Å²) < 4.78 is 5.46. The van der Waals surface area contributed by atoms with Gasteiger partial charge >= 0.3 is 0 Å². The molecule has 3 heterocycles. The Hall–Kier alpha value is -2.06. The zero-order valence-corrected chi connectivity index (χ0v) is 17.2. The molecule has 1 aliphatic carbocycles. The lowest BCUT2D eigenvalue weighted by molar-refractivity contribution is -0.0202. The van der Waals surface area contributed by atoms with Crippen LogP contribution in [0.15, 0.2) is 35.7 Å². The summed E-state index contributed by atoms with van der Waals surface area (Å²) in [6.45, 7) is 4.58. The molecule has 152 valence electrons. The van der Waals surface area contributed by atoms with Gasteiger partial charge in [0.05, 0.1) is 30.7 Å². The zero-order chi connectivity index (χ0) is 19.7. The molecule has 2 aliphatic rings. The number of morpholine rings is 1. The van der Waals surface area contributed by atoms with Crippen molar-refractivity contribution in [3.8, 4) is 11.1 Å². The second-order valence-corrected chi connectivity index (χ2v) is 8.86. The van der Waals surface area contributed by atoms with Gasteiger partial charge in [-0.3, -0.25) is 4.90 Å². The van der Waals surface area contributed by atoms with Gasteiger partial charge in [-0.05, 0) is 24.8 Å². The Morgan fingerprint density at radius 1 is 1.14 bits per heavy atom. The van der Waals surface area contributed by atoms with Gasteiger partial charge in [-0.15, -0.1) is 11.3 Å². The van der Waals surface area contributed by atoms with Crippen LogP contribution < -0.4 is 5.32 Å². The standard InChI is InChI=1S/C22H26N4O2S/c27-22(7-4-8-22)15-23-20-19-17(16-5-2-1-3-6-16)14-29-21(19)25-18(24-20)13-26-9-11-28-12-10-26/h1-3,5-6,14,27H,4,7-13,15H2,(H,23,24,25). The maximum Gasteiger partial charge on any atom is 0.146 e. The summed E-state index contributed by atoms with van der Waals surface area (Å²) in [4.78, 5) is 13.1. The molecule has 0 spiro atoms. The van der Waals surface area contributed by atoms with Crippen LogP contribution in [0.3, 0.4) is 0 Å². The molecule has 0 amide bonds. The topological polar surface area (TPSA) is 70.5 Å². The van der Waals surface area contributed by atoms with Gasteiger partial charge < -0.3 is 15.2 Å². The first-order valence-corrected chi connectivity index (χ1v) is 11.2. The van der Waals surface area contributed by atoms with Crippen molar-refractivity contribution in [3.63, 3.8) is 0 Å². The largest absolute Gasteiger partial charge is 0.388 e. The molecule has 0 atom stereocenters. The molecule has 0 unspecified atom stereocenters. The highest BCUT2D eigenvalue weighted by molar-refractivity contribution is 7.17. The van der Waals surface area contributed by atoms with E-state index in [-0.39, 0.29) is 0 Å². The van der Waals surface area contributed by atoms with E-state index in [1.165, 1.54) is 0 Å². The molecule has 1 aliphatic heterocycles. The number of aliphatic hydroxyl groups is 1. The van der Waals surface area contributed by atoms with Gasteiger partial charge in [0.2, 0.25) is 0 Å². The molecule has 1 saturated heterocycles. The van der Waals surface area contributed by atoms with Gasteiger partial charge in [0.25, 0.3) is 0 Å². The van der Waals surface area contributed by atoms with E-state index < -0.39 is 5.60 Å². The number of hydrogen-bond acceptors (Lipinski definition) is 7. The summed E-state index contributed by atoms with van der Waals surface area (Å²) in [7, 11) is 0. The molecular weight excluding hydrogens is 384 g/mol. The molecule has 2 fully saturated rings. The first kappa shape index (κ1) is 18.9. The van der Waals surface area contributed by atoms with Crippen molar-refractivity contribution in [1.29, 1.82) is 0 Å². The number of thiophene rings is 1. The highest BCUT2D eigenvalue weighted by atomic mass is 32.1. The van der Waals surface area contributed by atoms with Crippen LogP contribution in [0.2, 0.25) is 0 Å². The number of aromatic nitrogens is 2. The lowest BCUT2D eigenvalue weighted by Gasteiger charge is -2.36. The first-order valence-electron chi connectivity index (χ1n) is 10.3. The van der Waals surface area contributed by atoms with Crippen LogP contribution in [0.5, 0.6) is 0 Å². The number of benzene rings is 1. The summed E-state index contributed by atoms with van der Waals surface area (Å²) in [5.74, 6) is 1.66. The average Bonchev–Trinajstić information content (AvgIpc) is 3.16. The van der Waals surface area contributed by atoms with Gasteiger partial charge in [0.15, 0.2) is 0 Å². The van der Waals surface area contributed by atoms with E-state index in [9.17, 15) is 5.11 Å². The number of hydrogen-bond donors (Lipinski definition) is 2. The van der Waals surface area contributed by atoms with Crippen LogP contribution >= 0.6 is 11.3 Å². The van der Waals surface area contributed by atoms with Crippen molar-refractivity contribution in [2.24, 2.45) is 0 Å².